The fourth-order valence-corrected chi connectivity index (χ4v) is 7.91. The first-order chi connectivity index (χ1) is 21.5. The number of halogens is 1. The molecule has 1 atom stereocenters. The number of hydrogen-bond acceptors (Lipinski definition) is 8. The van der Waals surface area contributed by atoms with Crippen LogP contribution in [-0.2, 0) is 17.6 Å². The number of benzene rings is 1. The maximum Gasteiger partial charge on any atom is 0.319 e. The summed E-state index contributed by atoms with van der Waals surface area (Å²) in [6.45, 7) is 7.45. The van der Waals surface area contributed by atoms with E-state index in [4.69, 9.17) is 9.72 Å². The smallest absolute Gasteiger partial charge is 0.319 e. The molecule has 3 saturated heterocycles. The molecule has 10 heteroatoms. The number of aromatic nitrogens is 3. The number of pyridine rings is 1. The molecule has 0 unspecified atom stereocenters. The summed E-state index contributed by atoms with van der Waals surface area (Å²) in [5, 5.41) is 10.0. The van der Waals surface area contributed by atoms with Gasteiger partial charge in [-0.15, -0.1) is 0 Å². The van der Waals surface area contributed by atoms with Crippen LogP contribution in [-0.4, -0.2) is 81.6 Å². The molecule has 5 heterocycles. The van der Waals surface area contributed by atoms with E-state index in [-0.39, 0.29) is 35.4 Å². The molecule has 1 aliphatic carbocycles. The topological polar surface area (TPSA) is 98.5 Å². The minimum absolute atomic E-state index is 0.0158. The number of nitriles is 1. The van der Waals surface area contributed by atoms with Crippen molar-refractivity contribution in [2.45, 2.75) is 69.4 Å². The van der Waals surface area contributed by atoms with E-state index in [0.717, 1.165) is 70.0 Å². The quantitative estimate of drug-likeness (QED) is 0.358. The molecular formula is C34H38FN7O2. The highest BCUT2D eigenvalue weighted by molar-refractivity contribution is 5.92. The Labute approximate surface area is 257 Å². The molecule has 7 rings (SSSR count). The summed E-state index contributed by atoms with van der Waals surface area (Å²) in [5.74, 6) is -0.175. The van der Waals surface area contributed by atoms with Gasteiger partial charge < -0.3 is 14.5 Å². The highest BCUT2D eigenvalue weighted by atomic mass is 19.1. The number of carbonyl (C=O) groups is 1. The van der Waals surface area contributed by atoms with E-state index in [1.54, 1.807) is 11.1 Å². The van der Waals surface area contributed by atoms with Crippen LogP contribution in [0.4, 0.5) is 10.2 Å². The normalized spacial score (nSPS) is 21.1. The van der Waals surface area contributed by atoms with Gasteiger partial charge in [-0.2, -0.15) is 15.2 Å². The number of piperazine rings is 1. The molecular weight excluding hydrogens is 557 g/mol. The third-order valence-corrected chi connectivity index (χ3v) is 10.1. The lowest BCUT2D eigenvalue weighted by Crippen LogP contribution is -2.55. The Balaban J connectivity index is 1.30. The first-order valence-corrected chi connectivity index (χ1v) is 15.9. The van der Waals surface area contributed by atoms with Gasteiger partial charge >= 0.3 is 6.01 Å². The van der Waals surface area contributed by atoms with Gasteiger partial charge in [0.05, 0.1) is 29.5 Å². The molecule has 0 N–H and O–H groups in total. The van der Waals surface area contributed by atoms with Crippen LogP contribution in [0.1, 0.15) is 56.1 Å². The molecule has 44 heavy (non-hydrogen) atoms. The predicted octanol–water partition coefficient (Wildman–Crippen LogP) is 4.83. The average Bonchev–Trinajstić information content (AvgIpc) is 3.64. The van der Waals surface area contributed by atoms with E-state index >= 15 is 4.39 Å². The minimum Gasteiger partial charge on any atom is -0.461 e. The Morgan fingerprint density at radius 1 is 1.14 bits per heavy atom. The number of anilines is 1. The standard InChI is InChI=1S/C34H38FN7O2/c1-2-28(43)42-19-18-40(21-24(42)12-15-36)32-27-20-37-30(26-11-5-9-23-8-3-4-10-25(23)26)29(35)31(27)38-33(39-32)44-22-34-13-6-16-41(34)17-7-14-34/h2,5,9,11,20,24H,1,3-4,6-8,10,12-14,16-19,21-22H2/t24-/m0/s1. The van der Waals surface area contributed by atoms with Crippen LogP contribution < -0.4 is 9.64 Å². The second-order valence-corrected chi connectivity index (χ2v) is 12.6. The zero-order valence-electron chi connectivity index (χ0n) is 25.1. The first-order valence-electron chi connectivity index (χ1n) is 15.9. The number of fused-ring (bicyclic) bond motifs is 3. The average molecular weight is 596 g/mol. The molecule has 0 bridgehead atoms. The van der Waals surface area contributed by atoms with Gasteiger partial charge in [0.1, 0.15) is 23.6 Å². The highest BCUT2D eigenvalue weighted by Crippen LogP contribution is 2.40. The molecule has 1 amide bonds. The lowest BCUT2D eigenvalue weighted by atomic mass is 9.87. The van der Waals surface area contributed by atoms with E-state index in [9.17, 15) is 10.1 Å². The lowest BCUT2D eigenvalue weighted by Gasteiger charge is -2.41. The van der Waals surface area contributed by atoms with Crippen molar-refractivity contribution < 1.29 is 13.9 Å². The van der Waals surface area contributed by atoms with Crippen LogP contribution >= 0.6 is 0 Å². The van der Waals surface area contributed by atoms with Crippen molar-refractivity contribution in [2.24, 2.45) is 0 Å². The highest BCUT2D eigenvalue weighted by Gasteiger charge is 2.45. The molecule has 2 aromatic heterocycles. The van der Waals surface area contributed by atoms with E-state index < -0.39 is 5.82 Å². The van der Waals surface area contributed by atoms with Gasteiger partial charge in [0.2, 0.25) is 5.91 Å². The first kappa shape index (κ1) is 28.7. The second-order valence-electron chi connectivity index (χ2n) is 12.6. The Bertz CT molecular complexity index is 1640. The van der Waals surface area contributed by atoms with E-state index in [1.807, 2.05) is 17.0 Å². The number of nitrogens with zero attached hydrogens (tertiary/aromatic N) is 7. The summed E-state index contributed by atoms with van der Waals surface area (Å²) < 4.78 is 23.0. The van der Waals surface area contributed by atoms with Gasteiger partial charge in [0, 0.05) is 31.4 Å². The summed E-state index contributed by atoms with van der Waals surface area (Å²) in [7, 11) is 0. The number of carbonyl (C=O) groups excluding carboxylic acids is 1. The maximum atomic E-state index is 16.7. The SMILES string of the molecule is C=CC(=O)N1CCN(c2nc(OCC34CCCN3CCC4)nc3c(F)c(-c4cccc5c4CCCC5)ncc23)C[C@@H]1CC#N. The van der Waals surface area contributed by atoms with Crippen molar-refractivity contribution >= 4 is 22.6 Å². The van der Waals surface area contributed by atoms with Crippen molar-refractivity contribution in [1.82, 2.24) is 24.8 Å². The molecule has 4 aliphatic rings. The predicted molar refractivity (Wildman–Crippen MR) is 166 cm³/mol. The molecule has 9 nitrogen and oxygen atoms in total. The van der Waals surface area contributed by atoms with Gasteiger partial charge in [-0.25, -0.2) is 4.39 Å². The summed E-state index contributed by atoms with van der Waals surface area (Å²) in [5.41, 5.74) is 3.71. The third kappa shape index (κ3) is 4.97. The van der Waals surface area contributed by atoms with Crippen LogP contribution in [0.15, 0.2) is 37.1 Å². The fraction of sp³-hybridized carbons (Fsp3) is 0.500. The van der Waals surface area contributed by atoms with Gasteiger partial charge in [-0.3, -0.25) is 14.7 Å². The summed E-state index contributed by atoms with van der Waals surface area (Å²) in [6.07, 6.45) is 11.7. The third-order valence-electron chi connectivity index (χ3n) is 10.1. The minimum atomic E-state index is -0.481. The van der Waals surface area contributed by atoms with Crippen LogP contribution in [0.5, 0.6) is 6.01 Å². The molecule has 0 saturated carbocycles. The van der Waals surface area contributed by atoms with E-state index in [1.165, 1.54) is 17.2 Å². The Kier molecular flexibility index (Phi) is 7.67. The van der Waals surface area contributed by atoms with Gasteiger partial charge in [-0.05, 0) is 81.7 Å². The zero-order chi connectivity index (χ0) is 30.3. The molecule has 228 valence electrons. The molecule has 0 radical (unpaired) electrons. The Morgan fingerprint density at radius 3 is 2.75 bits per heavy atom. The van der Waals surface area contributed by atoms with Crippen molar-refractivity contribution in [3.63, 3.8) is 0 Å². The maximum absolute atomic E-state index is 16.7. The van der Waals surface area contributed by atoms with Crippen LogP contribution in [0, 0.1) is 17.1 Å². The number of rotatable bonds is 7. The molecule has 3 fully saturated rings. The van der Waals surface area contributed by atoms with Gasteiger partial charge in [-0.1, -0.05) is 24.8 Å². The Hall–Kier alpha value is -4.10. The Morgan fingerprint density at radius 2 is 1.95 bits per heavy atom. The monoisotopic (exact) mass is 595 g/mol. The van der Waals surface area contributed by atoms with E-state index in [2.05, 4.69) is 33.6 Å². The number of ether oxygens (including phenoxy) is 1. The van der Waals surface area contributed by atoms with E-state index in [0.29, 0.717) is 43.1 Å². The summed E-state index contributed by atoms with van der Waals surface area (Å²) in [4.78, 5) is 33.0. The van der Waals surface area contributed by atoms with Gasteiger partial charge in [0.15, 0.2) is 5.82 Å². The molecule has 0 spiro atoms. The number of amides is 1. The summed E-state index contributed by atoms with van der Waals surface area (Å²) in [6, 6.07) is 8.07. The molecule has 3 aliphatic heterocycles. The number of hydrogen-bond donors (Lipinski definition) is 0. The van der Waals surface area contributed by atoms with Gasteiger partial charge in [0.25, 0.3) is 0 Å². The summed E-state index contributed by atoms with van der Waals surface area (Å²) >= 11 is 0. The van der Waals surface area contributed by atoms with Crippen LogP contribution in [0.3, 0.4) is 0 Å². The number of aryl methyl sites for hydroxylation is 1. The van der Waals surface area contributed by atoms with Crippen molar-refractivity contribution in [2.75, 3.05) is 44.2 Å². The molecule has 3 aromatic rings. The van der Waals surface area contributed by atoms with Crippen LogP contribution in [0.25, 0.3) is 22.2 Å². The second kappa shape index (κ2) is 11.8. The van der Waals surface area contributed by atoms with Crippen molar-refractivity contribution in [3.05, 3.63) is 54.0 Å². The van der Waals surface area contributed by atoms with Crippen LogP contribution in [0.2, 0.25) is 0 Å². The molecule has 1 aromatic carbocycles. The fourth-order valence-electron chi connectivity index (χ4n) is 7.91. The van der Waals surface area contributed by atoms with Crippen molar-refractivity contribution in [3.8, 4) is 23.3 Å². The van der Waals surface area contributed by atoms with Crippen molar-refractivity contribution in [1.29, 1.82) is 5.26 Å². The lowest BCUT2D eigenvalue weighted by molar-refractivity contribution is -0.128. The zero-order valence-corrected chi connectivity index (χ0v) is 25.1. The largest absolute Gasteiger partial charge is 0.461 e.